The van der Waals surface area contributed by atoms with Crippen molar-refractivity contribution >= 4 is 5.97 Å². The molecular formula is C22H47N3O2. The van der Waals surface area contributed by atoms with E-state index in [1.165, 1.54) is 90.1 Å². The molecule has 162 valence electrons. The molecule has 0 aliphatic heterocycles. The van der Waals surface area contributed by atoms with Gasteiger partial charge in [-0.25, -0.2) is 0 Å². The first-order valence-corrected chi connectivity index (χ1v) is 11.6. The lowest BCUT2D eigenvalue weighted by atomic mass is 10.1. The molecule has 0 saturated carbocycles. The van der Waals surface area contributed by atoms with Crippen molar-refractivity contribution in [2.24, 2.45) is 0 Å². The Balaban J connectivity index is 3.81. The van der Waals surface area contributed by atoms with Gasteiger partial charge in [0.15, 0.2) is 0 Å². The van der Waals surface area contributed by atoms with Crippen molar-refractivity contribution in [3.8, 4) is 0 Å². The molecule has 27 heavy (non-hydrogen) atoms. The highest BCUT2D eigenvalue weighted by Crippen LogP contribution is 2.08. The van der Waals surface area contributed by atoms with Gasteiger partial charge in [0.25, 0.3) is 0 Å². The number of carboxylic acids is 1. The van der Waals surface area contributed by atoms with Crippen molar-refractivity contribution < 1.29 is 9.90 Å². The van der Waals surface area contributed by atoms with Crippen LogP contribution in [-0.2, 0) is 4.79 Å². The number of carboxylic acid groups (broad SMARTS) is 1. The summed E-state index contributed by atoms with van der Waals surface area (Å²) in [4.78, 5) is 13.1. The topological polar surface area (TPSA) is 64.6 Å². The van der Waals surface area contributed by atoms with Crippen LogP contribution in [0.3, 0.4) is 0 Å². The van der Waals surface area contributed by atoms with Gasteiger partial charge in [0.1, 0.15) is 0 Å². The minimum Gasteiger partial charge on any atom is -0.480 e. The van der Waals surface area contributed by atoms with E-state index in [4.69, 9.17) is 5.11 Å². The Morgan fingerprint density at radius 1 is 0.667 bits per heavy atom. The van der Waals surface area contributed by atoms with Crippen molar-refractivity contribution in [2.45, 2.75) is 90.9 Å². The molecule has 0 aromatic carbocycles. The maximum Gasteiger partial charge on any atom is 0.317 e. The van der Waals surface area contributed by atoms with Crippen LogP contribution in [0.25, 0.3) is 0 Å². The Bertz CT molecular complexity index is 298. The van der Waals surface area contributed by atoms with Crippen LogP contribution in [0.5, 0.6) is 0 Å². The fraction of sp³-hybridized carbons (Fsp3) is 0.955. The molecule has 3 N–H and O–H groups in total. The SMILES string of the molecule is CCCCCCCCN(CCCCCCCC)CCNCCNCC(=O)O. The molecule has 0 bridgehead atoms. The third kappa shape index (κ3) is 21.5. The molecule has 0 atom stereocenters. The number of aliphatic carboxylic acids is 1. The van der Waals surface area contributed by atoms with Crippen LogP contribution in [-0.4, -0.2) is 61.8 Å². The normalized spacial score (nSPS) is 11.4. The summed E-state index contributed by atoms with van der Waals surface area (Å²) in [6, 6.07) is 0. The van der Waals surface area contributed by atoms with E-state index in [1.807, 2.05) is 0 Å². The van der Waals surface area contributed by atoms with Crippen molar-refractivity contribution in [3.63, 3.8) is 0 Å². The highest BCUT2D eigenvalue weighted by atomic mass is 16.4. The maximum absolute atomic E-state index is 10.5. The first kappa shape index (κ1) is 26.4. The third-order valence-electron chi connectivity index (χ3n) is 5.02. The van der Waals surface area contributed by atoms with Gasteiger partial charge in [-0.05, 0) is 25.9 Å². The second-order valence-electron chi connectivity index (χ2n) is 7.70. The molecular weight excluding hydrogens is 338 g/mol. The molecule has 0 amide bonds. The first-order chi connectivity index (χ1) is 13.2. The molecule has 5 nitrogen and oxygen atoms in total. The molecule has 0 radical (unpaired) electrons. The van der Waals surface area contributed by atoms with Crippen LogP contribution in [0.1, 0.15) is 90.9 Å². The van der Waals surface area contributed by atoms with Gasteiger partial charge in [0.05, 0.1) is 6.54 Å². The van der Waals surface area contributed by atoms with Gasteiger partial charge in [-0.2, -0.15) is 0 Å². The lowest BCUT2D eigenvalue weighted by Crippen LogP contribution is -2.37. The molecule has 0 heterocycles. The fourth-order valence-electron chi connectivity index (χ4n) is 3.30. The molecule has 0 aliphatic carbocycles. The Hall–Kier alpha value is -0.650. The van der Waals surface area contributed by atoms with Gasteiger partial charge in [-0.15, -0.1) is 0 Å². The van der Waals surface area contributed by atoms with E-state index < -0.39 is 5.97 Å². The van der Waals surface area contributed by atoms with Crippen LogP contribution < -0.4 is 10.6 Å². The van der Waals surface area contributed by atoms with Crippen LogP contribution >= 0.6 is 0 Å². The summed E-state index contributed by atoms with van der Waals surface area (Å²) in [7, 11) is 0. The second-order valence-corrected chi connectivity index (χ2v) is 7.70. The van der Waals surface area contributed by atoms with Gasteiger partial charge in [-0.1, -0.05) is 78.1 Å². The minimum absolute atomic E-state index is 0.0455. The summed E-state index contributed by atoms with van der Waals surface area (Å²) >= 11 is 0. The van der Waals surface area contributed by atoms with E-state index >= 15 is 0 Å². The summed E-state index contributed by atoms with van der Waals surface area (Å²) < 4.78 is 0. The molecule has 0 unspecified atom stereocenters. The quantitative estimate of drug-likeness (QED) is 0.243. The van der Waals surface area contributed by atoms with Crippen LogP contribution in [0.15, 0.2) is 0 Å². The Morgan fingerprint density at radius 2 is 1.15 bits per heavy atom. The van der Waals surface area contributed by atoms with Gasteiger partial charge >= 0.3 is 5.97 Å². The zero-order chi connectivity index (χ0) is 20.0. The second kappa shape index (κ2) is 21.6. The van der Waals surface area contributed by atoms with Gasteiger partial charge in [-0.3, -0.25) is 4.79 Å². The predicted molar refractivity (Wildman–Crippen MR) is 117 cm³/mol. The molecule has 0 spiro atoms. The average molecular weight is 386 g/mol. The molecule has 0 fully saturated rings. The molecule has 0 aromatic heterocycles. The molecule has 0 aromatic rings. The zero-order valence-corrected chi connectivity index (χ0v) is 18.2. The summed E-state index contributed by atoms with van der Waals surface area (Å²) in [5.41, 5.74) is 0. The summed E-state index contributed by atoms with van der Waals surface area (Å²) in [5, 5.41) is 14.9. The minimum atomic E-state index is -0.793. The number of rotatable bonds is 22. The monoisotopic (exact) mass is 385 g/mol. The van der Waals surface area contributed by atoms with Gasteiger partial charge in [0, 0.05) is 26.2 Å². The van der Waals surface area contributed by atoms with Crippen LogP contribution in [0, 0.1) is 0 Å². The summed E-state index contributed by atoms with van der Waals surface area (Å²) in [6.07, 6.45) is 16.3. The third-order valence-corrected chi connectivity index (χ3v) is 5.02. The number of nitrogens with zero attached hydrogens (tertiary/aromatic N) is 1. The zero-order valence-electron chi connectivity index (χ0n) is 18.2. The Labute approximate surface area is 168 Å². The van der Waals surface area contributed by atoms with Gasteiger partial charge in [0.2, 0.25) is 0 Å². The van der Waals surface area contributed by atoms with Crippen molar-refractivity contribution in [2.75, 3.05) is 45.8 Å². The fourth-order valence-corrected chi connectivity index (χ4v) is 3.30. The Morgan fingerprint density at radius 3 is 1.67 bits per heavy atom. The highest BCUT2D eigenvalue weighted by Gasteiger charge is 2.05. The number of carbonyl (C=O) groups is 1. The lowest BCUT2D eigenvalue weighted by Gasteiger charge is -2.22. The van der Waals surface area contributed by atoms with Crippen molar-refractivity contribution in [1.82, 2.24) is 15.5 Å². The first-order valence-electron chi connectivity index (χ1n) is 11.6. The van der Waals surface area contributed by atoms with E-state index in [0.717, 1.165) is 19.6 Å². The van der Waals surface area contributed by atoms with E-state index in [-0.39, 0.29) is 6.54 Å². The van der Waals surface area contributed by atoms with Crippen molar-refractivity contribution in [3.05, 3.63) is 0 Å². The molecule has 0 saturated heterocycles. The molecule has 0 aliphatic rings. The van der Waals surface area contributed by atoms with Crippen LogP contribution in [0.2, 0.25) is 0 Å². The standard InChI is InChI=1S/C22H47N3O2/c1-3-5-7-9-11-13-18-25(19-14-12-10-8-6-4-2)20-17-23-15-16-24-21-22(26)27/h23-24H,3-21H2,1-2H3,(H,26,27). The summed E-state index contributed by atoms with van der Waals surface area (Å²) in [5.74, 6) is -0.793. The number of hydrogen-bond acceptors (Lipinski definition) is 4. The van der Waals surface area contributed by atoms with Crippen LogP contribution in [0.4, 0.5) is 0 Å². The van der Waals surface area contributed by atoms with Crippen molar-refractivity contribution in [1.29, 1.82) is 0 Å². The van der Waals surface area contributed by atoms with E-state index in [0.29, 0.717) is 6.54 Å². The summed E-state index contributed by atoms with van der Waals surface area (Å²) in [6.45, 7) is 10.7. The molecule has 5 heteroatoms. The van der Waals surface area contributed by atoms with Gasteiger partial charge < -0.3 is 20.6 Å². The molecule has 0 rings (SSSR count). The largest absolute Gasteiger partial charge is 0.480 e. The smallest absolute Gasteiger partial charge is 0.317 e. The maximum atomic E-state index is 10.5. The van der Waals surface area contributed by atoms with E-state index in [9.17, 15) is 4.79 Å². The van der Waals surface area contributed by atoms with E-state index in [1.54, 1.807) is 0 Å². The number of hydrogen-bond donors (Lipinski definition) is 3. The highest BCUT2D eigenvalue weighted by molar-refractivity contribution is 5.68. The van der Waals surface area contributed by atoms with E-state index in [2.05, 4.69) is 29.4 Å². The predicted octanol–water partition coefficient (Wildman–Crippen LogP) is 4.27. The number of nitrogens with one attached hydrogen (secondary N) is 2. The Kier molecular flexibility index (Phi) is 21.1. The number of unbranched alkanes of at least 4 members (excludes halogenated alkanes) is 10. The average Bonchev–Trinajstić information content (AvgIpc) is 2.65. The lowest BCUT2D eigenvalue weighted by molar-refractivity contribution is -0.135.